The van der Waals surface area contributed by atoms with E-state index in [2.05, 4.69) is 16.0 Å². The van der Waals surface area contributed by atoms with Crippen molar-refractivity contribution in [3.05, 3.63) is 24.3 Å². The Labute approximate surface area is 181 Å². The van der Waals surface area contributed by atoms with Crippen molar-refractivity contribution in [2.24, 2.45) is 11.8 Å². The Morgan fingerprint density at radius 3 is 2.16 bits per heavy atom. The van der Waals surface area contributed by atoms with E-state index >= 15 is 0 Å². The predicted octanol–water partition coefficient (Wildman–Crippen LogP) is 1.15. The summed E-state index contributed by atoms with van der Waals surface area (Å²) in [7, 11) is 0. The van der Waals surface area contributed by atoms with Crippen LogP contribution in [0, 0.1) is 11.8 Å². The standard InChI is InChI=1S/C21H30N4O6/c1-10(2)15(18(27)23-16(12(5)26)20(29)30)24-21(31)25-14-9-7-6-8-13(14)22-19(28)17(25)11(3)4/h6-12,15-17,26H,1-5H3,(H,22,28)(H,23,27)(H,24,31)(H,29,30)/t12-,15-,16-,17-/m0/s1. The van der Waals surface area contributed by atoms with Crippen LogP contribution in [0.25, 0.3) is 0 Å². The Kier molecular flexibility index (Phi) is 7.61. The van der Waals surface area contributed by atoms with E-state index in [0.717, 1.165) is 0 Å². The van der Waals surface area contributed by atoms with Gasteiger partial charge in [0.15, 0.2) is 6.04 Å². The quantitative estimate of drug-likeness (QED) is 0.435. The van der Waals surface area contributed by atoms with Crippen molar-refractivity contribution in [3.63, 3.8) is 0 Å². The highest BCUT2D eigenvalue weighted by molar-refractivity contribution is 6.12. The van der Waals surface area contributed by atoms with E-state index in [4.69, 9.17) is 0 Å². The molecule has 0 unspecified atom stereocenters. The molecule has 4 atom stereocenters. The molecule has 1 heterocycles. The molecule has 0 aromatic heterocycles. The molecule has 5 N–H and O–H groups in total. The molecule has 0 saturated heterocycles. The largest absolute Gasteiger partial charge is 0.480 e. The lowest BCUT2D eigenvalue weighted by molar-refractivity contribution is -0.145. The predicted molar refractivity (Wildman–Crippen MR) is 115 cm³/mol. The van der Waals surface area contributed by atoms with Gasteiger partial charge in [0.05, 0.1) is 17.5 Å². The van der Waals surface area contributed by atoms with Crippen molar-refractivity contribution in [1.29, 1.82) is 0 Å². The second-order valence-electron chi connectivity index (χ2n) is 8.30. The molecule has 0 aliphatic carbocycles. The molecule has 1 aromatic rings. The summed E-state index contributed by atoms with van der Waals surface area (Å²) in [6.45, 7) is 8.26. The summed E-state index contributed by atoms with van der Waals surface area (Å²) in [5, 5.41) is 26.5. The number of hydrogen-bond acceptors (Lipinski definition) is 5. The van der Waals surface area contributed by atoms with Gasteiger partial charge in [-0.2, -0.15) is 0 Å². The molecule has 1 aliphatic rings. The average molecular weight is 434 g/mol. The van der Waals surface area contributed by atoms with Crippen molar-refractivity contribution in [3.8, 4) is 0 Å². The van der Waals surface area contributed by atoms with Crippen LogP contribution in [0.15, 0.2) is 24.3 Å². The summed E-state index contributed by atoms with van der Waals surface area (Å²) in [5.41, 5.74) is 0.971. The zero-order valence-electron chi connectivity index (χ0n) is 18.2. The fraction of sp³-hybridized carbons (Fsp3) is 0.524. The van der Waals surface area contributed by atoms with Crippen LogP contribution >= 0.6 is 0 Å². The van der Waals surface area contributed by atoms with Crippen LogP contribution in [0.3, 0.4) is 0 Å². The SMILES string of the molecule is CC(C)[C@H](NC(=O)N1c2ccccc2NC(=O)[C@@H]1C(C)C)C(=O)N[C@H](C(=O)O)[C@H](C)O. The van der Waals surface area contributed by atoms with E-state index in [9.17, 15) is 29.4 Å². The fourth-order valence-electron chi connectivity index (χ4n) is 3.47. The van der Waals surface area contributed by atoms with Gasteiger partial charge in [0.2, 0.25) is 11.8 Å². The normalized spacial score (nSPS) is 18.6. The third-order valence-electron chi connectivity index (χ3n) is 5.09. The van der Waals surface area contributed by atoms with Crippen molar-refractivity contribution >= 4 is 35.2 Å². The van der Waals surface area contributed by atoms with E-state index in [1.165, 1.54) is 11.8 Å². The van der Waals surface area contributed by atoms with Gasteiger partial charge in [-0.05, 0) is 30.9 Å². The number of amides is 4. The molecule has 1 aromatic carbocycles. The molecule has 1 aliphatic heterocycles. The van der Waals surface area contributed by atoms with Crippen molar-refractivity contribution in [2.45, 2.75) is 58.8 Å². The number of nitrogens with one attached hydrogen (secondary N) is 3. The number of fused-ring (bicyclic) bond motifs is 1. The molecule has 10 nitrogen and oxygen atoms in total. The van der Waals surface area contributed by atoms with E-state index < -0.39 is 48.1 Å². The van der Waals surface area contributed by atoms with Crippen molar-refractivity contribution < 1.29 is 29.4 Å². The number of benzene rings is 1. The van der Waals surface area contributed by atoms with E-state index in [0.29, 0.717) is 11.4 Å². The molecular weight excluding hydrogens is 404 g/mol. The van der Waals surface area contributed by atoms with Gasteiger partial charge in [0.1, 0.15) is 12.1 Å². The first kappa shape index (κ1) is 24.1. The third kappa shape index (κ3) is 5.32. The summed E-state index contributed by atoms with van der Waals surface area (Å²) in [4.78, 5) is 51.3. The second-order valence-corrected chi connectivity index (χ2v) is 8.30. The first-order valence-corrected chi connectivity index (χ1v) is 10.2. The Hall–Kier alpha value is -3.14. The number of aliphatic hydroxyl groups is 1. The Balaban J connectivity index is 2.33. The number of rotatable bonds is 7. The molecule has 0 radical (unpaired) electrons. The van der Waals surface area contributed by atoms with Crippen LogP contribution in [0.4, 0.5) is 16.2 Å². The molecule has 0 spiro atoms. The fourth-order valence-corrected chi connectivity index (χ4v) is 3.47. The molecule has 0 bridgehead atoms. The second kappa shape index (κ2) is 9.78. The average Bonchev–Trinajstić information content (AvgIpc) is 2.67. The molecule has 0 saturated carbocycles. The first-order chi connectivity index (χ1) is 14.5. The van der Waals surface area contributed by atoms with Gasteiger partial charge in [-0.3, -0.25) is 14.5 Å². The maximum absolute atomic E-state index is 13.3. The number of aliphatic hydroxyl groups excluding tert-OH is 1. The van der Waals surface area contributed by atoms with E-state index in [-0.39, 0.29) is 11.8 Å². The van der Waals surface area contributed by atoms with Crippen LogP contribution in [-0.2, 0) is 14.4 Å². The Morgan fingerprint density at radius 2 is 1.65 bits per heavy atom. The number of anilines is 2. The first-order valence-electron chi connectivity index (χ1n) is 10.2. The highest BCUT2D eigenvalue weighted by Crippen LogP contribution is 2.34. The molecule has 0 fully saturated rings. The minimum atomic E-state index is -1.52. The van der Waals surface area contributed by atoms with Gasteiger partial charge >= 0.3 is 12.0 Å². The van der Waals surface area contributed by atoms with Crippen LogP contribution in [0.1, 0.15) is 34.6 Å². The van der Waals surface area contributed by atoms with Gasteiger partial charge < -0.3 is 26.2 Å². The van der Waals surface area contributed by atoms with Crippen molar-refractivity contribution in [2.75, 3.05) is 10.2 Å². The molecule has 2 rings (SSSR count). The lowest BCUT2D eigenvalue weighted by Crippen LogP contribution is -2.61. The monoisotopic (exact) mass is 434 g/mol. The third-order valence-corrected chi connectivity index (χ3v) is 5.09. The van der Waals surface area contributed by atoms with Gasteiger partial charge in [-0.1, -0.05) is 39.8 Å². The van der Waals surface area contributed by atoms with E-state index in [1.54, 1.807) is 38.1 Å². The van der Waals surface area contributed by atoms with Crippen molar-refractivity contribution in [1.82, 2.24) is 10.6 Å². The lowest BCUT2D eigenvalue weighted by atomic mass is 9.97. The van der Waals surface area contributed by atoms with Gasteiger partial charge in [-0.15, -0.1) is 0 Å². The van der Waals surface area contributed by atoms with Crippen LogP contribution in [-0.4, -0.2) is 58.3 Å². The summed E-state index contributed by atoms with van der Waals surface area (Å²) < 4.78 is 0. The maximum atomic E-state index is 13.3. The summed E-state index contributed by atoms with van der Waals surface area (Å²) >= 11 is 0. The lowest BCUT2D eigenvalue weighted by Gasteiger charge is -2.39. The summed E-state index contributed by atoms with van der Waals surface area (Å²) in [6, 6.07) is 2.79. The number of urea groups is 1. The number of para-hydroxylation sites is 2. The Bertz CT molecular complexity index is 854. The van der Waals surface area contributed by atoms with Crippen LogP contribution in [0.5, 0.6) is 0 Å². The van der Waals surface area contributed by atoms with Gasteiger partial charge in [0.25, 0.3) is 0 Å². The highest BCUT2D eigenvalue weighted by Gasteiger charge is 2.40. The van der Waals surface area contributed by atoms with Crippen LogP contribution < -0.4 is 20.9 Å². The number of aliphatic carboxylic acids is 1. The number of carbonyl (C=O) groups excluding carboxylic acids is 3. The number of carbonyl (C=O) groups is 4. The molecule has 31 heavy (non-hydrogen) atoms. The minimum Gasteiger partial charge on any atom is -0.480 e. The zero-order valence-corrected chi connectivity index (χ0v) is 18.2. The van der Waals surface area contributed by atoms with Gasteiger partial charge in [0, 0.05) is 0 Å². The molecule has 4 amide bonds. The maximum Gasteiger partial charge on any atom is 0.328 e. The number of carboxylic acids is 1. The zero-order chi connectivity index (χ0) is 23.5. The van der Waals surface area contributed by atoms with E-state index in [1.807, 2.05) is 13.8 Å². The number of carboxylic acid groups (broad SMARTS) is 1. The molecular formula is C21H30N4O6. The summed E-state index contributed by atoms with van der Waals surface area (Å²) in [6.07, 6.45) is -1.33. The van der Waals surface area contributed by atoms with Crippen LogP contribution in [0.2, 0.25) is 0 Å². The smallest absolute Gasteiger partial charge is 0.328 e. The Morgan fingerprint density at radius 1 is 1.03 bits per heavy atom. The summed E-state index contributed by atoms with van der Waals surface area (Å²) in [5.74, 6) is -3.07. The number of nitrogens with zero attached hydrogens (tertiary/aromatic N) is 1. The minimum absolute atomic E-state index is 0.211. The highest BCUT2D eigenvalue weighted by atomic mass is 16.4. The molecule has 170 valence electrons. The van der Waals surface area contributed by atoms with Gasteiger partial charge in [-0.25, -0.2) is 9.59 Å². The number of hydrogen-bond donors (Lipinski definition) is 5. The topological polar surface area (TPSA) is 148 Å². The molecule has 10 heteroatoms.